The number of carbonyl (C=O) groups excluding carboxylic acids is 1. The number of halogens is 1. The highest BCUT2D eigenvalue weighted by atomic mass is 35.5. The SMILES string of the molecule is CC(NC(=O)C1CC12CCNCC2)c1nc(Cc2ccccc2)no1.Cl. The van der Waals surface area contributed by atoms with Crippen LogP contribution in [0.15, 0.2) is 34.9 Å². The first-order chi connectivity index (χ1) is 12.2. The van der Waals surface area contributed by atoms with Gasteiger partial charge in [-0.1, -0.05) is 35.5 Å². The van der Waals surface area contributed by atoms with Crippen LogP contribution in [0.3, 0.4) is 0 Å². The van der Waals surface area contributed by atoms with Crippen LogP contribution in [0, 0.1) is 11.3 Å². The maximum atomic E-state index is 12.5. The van der Waals surface area contributed by atoms with Crippen molar-refractivity contribution in [1.82, 2.24) is 20.8 Å². The predicted octanol–water partition coefficient (Wildman–Crippen LogP) is 2.65. The molecule has 1 aromatic carbocycles. The first-order valence-electron chi connectivity index (χ1n) is 9.04. The number of rotatable bonds is 5. The Labute approximate surface area is 159 Å². The van der Waals surface area contributed by atoms with Gasteiger partial charge in [-0.3, -0.25) is 4.79 Å². The third kappa shape index (κ3) is 3.91. The molecule has 4 rings (SSSR count). The van der Waals surface area contributed by atoms with Crippen LogP contribution in [-0.4, -0.2) is 29.1 Å². The first kappa shape index (κ1) is 18.9. The van der Waals surface area contributed by atoms with Crippen molar-refractivity contribution in [3.63, 3.8) is 0 Å². The fourth-order valence-corrected chi connectivity index (χ4v) is 3.86. The molecule has 7 heteroatoms. The van der Waals surface area contributed by atoms with Crippen LogP contribution in [-0.2, 0) is 11.2 Å². The number of aromatic nitrogens is 2. The van der Waals surface area contributed by atoms with E-state index in [2.05, 4.69) is 20.8 Å². The van der Waals surface area contributed by atoms with Crippen LogP contribution in [0.4, 0.5) is 0 Å². The Bertz CT molecular complexity index is 743. The van der Waals surface area contributed by atoms with E-state index in [0.29, 0.717) is 18.1 Å². The summed E-state index contributed by atoms with van der Waals surface area (Å²) in [6.07, 6.45) is 3.84. The molecule has 2 heterocycles. The molecular formula is C19H25ClN4O2. The molecule has 1 saturated heterocycles. The van der Waals surface area contributed by atoms with E-state index in [1.54, 1.807) is 0 Å². The minimum absolute atomic E-state index is 0. The molecule has 140 valence electrons. The van der Waals surface area contributed by atoms with Gasteiger partial charge in [-0.25, -0.2) is 0 Å². The summed E-state index contributed by atoms with van der Waals surface area (Å²) in [6, 6.07) is 9.77. The number of piperidine rings is 1. The van der Waals surface area contributed by atoms with Crippen LogP contribution in [0.1, 0.15) is 49.5 Å². The number of benzene rings is 1. The molecule has 2 N–H and O–H groups in total. The molecule has 2 atom stereocenters. The highest BCUT2D eigenvalue weighted by Gasteiger charge is 2.57. The Morgan fingerprint density at radius 1 is 1.35 bits per heavy atom. The van der Waals surface area contributed by atoms with Gasteiger partial charge in [-0.15, -0.1) is 12.4 Å². The molecular weight excluding hydrogens is 352 g/mol. The number of carbonyl (C=O) groups is 1. The molecule has 1 aromatic heterocycles. The van der Waals surface area contributed by atoms with Crippen molar-refractivity contribution in [3.05, 3.63) is 47.6 Å². The van der Waals surface area contributed by atoms with Crippen LogP contribution in [0.2, 0.25) is 0 Å². The molecule has 1 saturated carbocycles. The molecule has 1 amide bonds. The standard InChI is InChI=1S/C19H24N4O2.ClH/c1-13(21-17(24)15-12-19(15)7-9-20-10-8-19)18-22-16(23-25-18)11-14-5-3-2-4-6-14;/h2-6,13,15,20H,7-12H2,1H3,(H,21,24);1H. The first-order valence-corrected chi connectivity index (χ1v) is 9.04. The average molecular weight is 377 g/mol. The lowest BCUT2D eigenvalue weighted by Gasteiger charge is -2.23. The molecule has 2 unspecified atom stereocenters. The third-order valence-corrected chi connectivity index (χ3v) is 5.52. The predicted molar refractivity (Wildman–Crippen MR) is 100.0 cm³/mol. The summed E-state index contributed by atoms with van der Waals surface area (Å²) in [4.78, 5) is 17.0. The quantitative estimate of drug-likeness (QED) is 0.838. The zero-order valence-corrected chi connectivity index (χ0v) is 15.7. The second-order valence-corrected chi connectivity index (χ2v) is 7.31. The van der Waals surface area contributed by atoms with Gasteiger partial charge in [0.15, 0.2) is 5.82 Å². The van der Waals surface area contributed by atoms with E-state index < -0.39 is 0 Å². The molecule has 2 fully saturated rings. The van der Waals surface area contributed by atoms with Crippen molar-refractivity contribution in [2.45, 2.75) is 38.6 Å². The molecule has 2 aromatic rings. The summed E-state index contributed by atoms with van der Waals surface area (Å²) in [5.41, 5.74) is 1.37. The molecule has 1 spiro atoms. The van der Waals surface area contributed by atoms with Gasteiger partial charge in [0.05, 0.1) is 0 Å². The minimum atomic E-state index is -0.260. The lowest BCUT2D eigenvalue weighted by atomic mass is 9.91. The largest absolute Gasteiger partial charge is 0.344 e. The number of nitrogens with zero attached hydrogens (tertiary/aromatic N) is 2. The Morgan fingerprint density at radius 2 is 2.08 bits per heavy atom. The van der Waals surface area contributed by atoms with Gasteiger partial charge in [-0.05, 0) is 50.3 Å². The van der Waals surface area contributed by atoms with E-state index >= 15 is 0 Å². The molecule has 26 heavy (non-hydrogen) atoms. The highest BCUT2D eigenvalue weighted by molar-refractivity contribution is 5.85. The molecule has 1 aliphatic carbocycles. The monoisotopic (exact) mass is 376 g/mol. The van der Waals surface area contributed by atoms with Gasteiger partial charge in [0.1, 0.15) is 6.04 Å². The van der Waals surface area contributed by atoms with Crippen molar-refractivity contribution < 1.29 is 9.32 Å². The van der Waals surface area contributed by atoms with E-state index in [1.807, 2.05) is 37.3 Å². The van der Waals surface area contributed by atoms with Crippen molar-refractivity contribution in [3.8, 4) is 0 Å². The van der Waals surface area contributed by atoms with Crippen LogP contribution >= 0.6 is 12.4 Å². The zero-order chi connectivity index (χ0) is 17.3. The summed E-state index contributed by atoms with van der Waals surface area (Å²) in [5, 5.41) is 10.5. The average Bonchev–Trinajstić information content (AvgIpc) is 3.11. The van der Waals surface area contributed by atoms with E-state index in [4.69, 9.17) is 4.52 Å². The summed E-state index contributed by atoms with van der Waals surface area (Å²) in [7, 11) is 0. The Balaban J connectivity index is 0.00000196. The minimum Gasteiger partial charge on any atom is -0.344 e. The fourth-order valence-electron chi connectivity index (χ4n) is 3.86. The lowest BCUT2D eigenvalue weighted by Crippen LogP contribution is -2.34. The van der Waals surface area contributed by atoms with Gasteiger partial charge in [-0.2, -0.15) is 4.98 Å². The molecule has 0 radical (unpaired) electrons. The van der Waals surface area contributed by atoms with E-state index in [-0.39, 0.29) is 35.7 Å². The van der Waals surface area contributed by atoms with Gasteiger partial charge >= 0.3 is 0 Å². The van der Waals surface area contributed by atoms with Crippen LogP contribution in [0.25, 0.3) is 0 Å². The van der Waals surface area contributed by atoms with E-state index in [9.17, 15) is 4.79 Å². The molecule has 1 aliphatic heterocycles. The zero-order valence-electron chi connectivity index (χ0n) is 14.9. The summed E-state index contributed by atoms with van der Waals surface area (Å²) in [6.45, 7) is 3.94. The van der Waals surface area contributed by atoms with Gasteiger partial charge in [0.25, 0.3) is 0 Å². The van der Waals surface area contributed by atoms with Crippen molar-refractivity contribution in [2.75, 3.05) is 13.1 Å². The second kappa shape index (κ2) is 7.76. The Kier molecular flexibility index (Phi) is 5.63. The van der Waals surface area contributed by atoms with Gasteiger partial charge in [0.2, 0.25) is 11.8 Å². The molecule has 2 aliphatic rings. The van der Waals surface area contributed by atoms with Gasteiger partial charge < -0.3 is 15.2 Å². The van der Waals surface area contributed by atoms with Crippen LogP contribution < -0.4 is 10.6 Å². The molecule has 0 bridgehead atoms. The van der Waals surface area contributed by atoms with Crippen molar-refractivity contribution in [2.24, 2.45) is 11.3 Å². The summed E-state index contributed by atoms with van der Waals surface area (Å²) in [5.74, 6) is 1.38. The number of hydrogen-bond acceptors (Lipinski definition) is 5. The van der Waals surface area contributed by atoms with Crippen molar-refractivity contribution in [1.29, 1.82) is 0 Å². The smallest absolute Gasteiger partial charge is 0.248 e. The van der Waals surface area contributed by atoms with Crippen molar-refractivity contribution >= 4 is 18.3 Å². The topological polar surface area (TPSA) is 80.0 Å². The van der Waals surface area contributed by atoms with Crippen LogP contribution in [0.5, 0.6) is 0 Å². The Hall–Kier alpha value is -1.92. The van der Waals surface area contributed by atoms with E-state index in [0.717, 1.165) is 37.9 Å². The maximum Gasteiger partial charge on any atom is 0.248 e. The number of nitrogens with one attached hydrogen (secondary N) is 2. The maximum absolute atomic E-state index is 12.5. The molecule has 6 nitrogen and oxygen atoms in total. The normalized spacial score (nSPS) is 21.7. The highest BCUT2D eigenvalue weighted by Crippen LogP contribution is 2.58. The van der Waals surface area contributed by atoms with Gasteiger partial charge in [0, 0.05) is 12.3 Å². The third-order valence-electron chi connectivity index (χ3n) is 5.52. The number of amides is 1. The second-order valence-electron chi connectivity index (χ2n) is 7.31. The lowest BCUT2D eigenvalue weighted by molar-refractivity contribution is -0.124. The summed E-state index contributed by atoms with van der Waals surface area (Å²) >= 11 is 0. The fraction of sp³-hybridized carbons (Fsp3) is 0.526. The Morgan fingerprint density at radius 3 is 2.81 bits per heavy atom. The summed E-state index contributed by atoms with van der Waals surface area (Å²) < 4.78 is 5.35. The van der Waals surface area contributed by atoms with E-state index in [1.165, 1.54) is 0 Å². The number of hydrogen-bond donors (Lipinski definition) is 2.